The molecule has 76 valence electrons. The molecule has 0 spiro atoms. The zero-order valence-electron chi connectivity index (χ0n) is 8.96. The molecule has 0 unspecified atom stereocenters. The SMILES string of the molecule is CC(C)(C)c1ccc([NH+]=C(N)N)cc1. The largest absolute Gasteiger partial charge is 0.343 e. The van der Waals surface area contributed by atoms with E-state index in [0.29, 0.717) is 0 Å². The Labute approximate surface area is 84.8 Å². The highest BCUT2D eigenvalue weighted by Gasteiger charge is 2.12. The first-order valence-electron chi connectivity index (χ1n) is 4.65. The number of nitrogens with one attached hydrogen (secondary N) is 1. The molecule has 14 heavy (non-hydrogen) atoms. The van der Waals surface area contributed by atoms with Crippen LogP contribution >= 0.6 is 0 Å². The standard InChI is InChI=1S/C11H17N3/c1-11(2,3)8-4-6-9(7-5-8)14-10(12)13/h4-7H,1-3H3,(H4,12,13,14)/p+1. The highest BCUT2D eigenvalue weighted by molar-refractivity contribution is 5.70. The fourth-order valence-corrected chi connectivity index (χ4v) is 1.22. The summed E-state index contributed by atoms with van der Waals surface area (Å²) < 4.78 is 0. The van der Waals surface area contributed by atoms with Crippen LogP contribution in [0.5, 0.6) is 0 Å². The van der Waals surface area contributed by atoms with E-state index in [1.165, 1.54) is 5.56 Å². The minimum atomic E-state index is 0.177. The molecule has 0 fully saturated rings. The molecule has 1 rings (SSSR count). The van der Waals surface area contributed by atoms with Crippen LogP contribution in [0.15, 0.2) is 24.3 Å². The van der Waals surface area contributed by atoms with Crippen molar-refractivity contribution in [1.29, 1.82) is 0 Å². The lowest BCUT2D eigenvalue weighted by atomic mass is 9.87. The fourth-order valence-electron chi connectivity index (χ4n) is 1.22. The summed E-state index contributed by atoms with van der Waals surface area (Å²) in [5.74, 6) is 0.216. The van der Waals surface area contributed by atoms with E-state index in [2.05, 4.69) is 37.9 Å². The van der Waals surface area contributed by atoms with Crippen LogP contribution in [-0.2, 0) is 5.41 Å². The monoisotopic (exact) mass is 192 g/mol. The van der Waals surface area contributed by atoms with Crippen molar-refractivity contribution in [1.82, 2.24) is 0 Å². The van der Waals surface area contributed by atoms with Crippen LogP contribution in [0.25, 0.3) is 0 Å². The van der Waals surface area contributed by atoms with Gasteiger partial charge >= 0.3 is 5.96 Å². The number of hydrogen-bond acceptors (Lipinski definition) is 0. The molecule has 0 atom stereocenters. The summed E-state index contributed by atoms with van der Waals surface area (Å²) >= 11 is 0. The second-order valence-corrected chi connectivity index (χ2v) is 4.41. The zero-order valence-corrected chi connectivity index (χ0v) is 8.96. The maximum atomic E-state index is 5.33. The van der Waals surface area contributed by atoms with E-state index in [9.17, 15) is 0 Å². The summed E-state index contributed by atoms with van der Waals surface area (Å²) in [6.45, 7) is 6.54. The van der Waals surface area contributed by atoms with Gasteiger partial charge in [-0.05, 0) is 23.1 Å². The van der Waals surface area contributed by atoms with Crippen LogP contribution < -0.4 is 16.5 Å². The van der Waals surface area contributed by atoms with Crippen molar-refractivity contribution in [2.75, 3.05) is 0 Å². The Morgan fingerprint density at radius 2 is 1.57 bits per heavy atom. The van der Waals surface area contributed by atoms with Gasteiger partial charge in [0.15, 0.2) is 0 Å². The Hall–Kier alpha value is -1.51. The van der Waals surface area contributed by atoms with Crippen LogP contribution in [0.2, 0.25) is 0 Å². The molecule has 1 aromatic carbocycles. The van der Waals surface area contributed by atoms with Crippen molar-refractivity contribution in [2.24, 2.45) is 11.5 Å². The summed E-state index contributed by atoms with van der Waals surface area (Å²) in [6, 6.07) is 8.09. The summed E-state index contributed by atoms with van der Waals surface area (Å²) in [5.41, 5.74) is 13.0. The van der Waals surface area contributed by atoms with Gasteiger partial charge in [0.2, 0.25) is 0 Å². The van der Waals surface area contributed by atoms with Crippen molar-refractivity contribution in [3.05, 3.63) is 29.8 Å². The average Bonchev–Trinajstić information content (AvgIpc) is 2.02. The smallest absolute Gasteiger partial charge is 0.291 e. The van der Waals surface area contributed by atoms with E-state index < -0.39 is 0 Å². The number of hydrogen-bond donors (Lipinski definition) is 3. The van der Waals surface area contributed by atoms with Crippen molar-refractivity contribution in [3.63, 3.8) is 0 Å². The Morgan fingerprint density at radius 3 is 1.93 bits per heavy atom. The molecule has 0 amide bonds. The van der Waals surface area contributed by atoms with Crippen LogP contribution in [0, 0.1) is 0 Å². The molecule has 0 aliphatic carbocycles. The lowest BCUT2D eigenvalue weighted by Crippen LogP contribution is -2.72. The topological polar surface area (TPSA) is 66.0 Å². The zero-order chi connectivity index (χ0) is 10.8. The lowest BCUT2D eigenvalue weighted by Gasteiger charge is -2.18. The molecule has 0 radical (unpaired) electrons. The van der Waals surface area contributed by atoms with E-state index in [1.54, 1.807) is 0 Å². The number of nitrogens with two attached hydrogens (primary N) is 2. The fraction of sp³-hybridized carbons (Fsp3) is 0.364. The quantitative estimate of drug-likeness (QED) is 0.432. The molecule has 0 aromatic heterocycles. The van der Waals surface area contributed by atoms with Crippen LogP contribution in [0.4, 0.5) is 5.69 Å². The normalized spacial score (nSPS) is 11.1. The molecule has 5 N–H and O–H groups in total. The van der Waals surface area contributed by atoms with Crippen molar-refractivity contribution in [2.45, 2.75) is 26.2 Å². The van der Waals surface area contributed by atoms with E-state index in [1.807, 2.05) is 12.1 Å². The Kier molecular flexibility index (Phi) is 2.79. The van der Waals surface area contributed by atoms with Crippen LogP contribution in [0.1, 0.15) is 26.3 Å². The van der Waals surface area contributed by atoms with E-state index in [0.717, 1.165) is 5.69 Å². The lowest BCUT2D eigenvalue weighted by molar-refractivity contribution is -0.356. The van der Waals surface area contributed by atoms with Gasteiger partial charge in [-0.3, -0.25) is 11.5 Å². The molecular weight excluding hydrogens is 174 g/mol. The predicted octanol–water partition coefficient (Wildman–Crippen LogP) is -0.0304. The molecule has 3 heteroatoms. The summed E-state index contributed by atoms with van der Waals surface area (Å²) in [6.07, 6.45) is 0. The maximum absolute atomic E-state index is 5.33. The Morgan fingerprint density at radius 1 is 1.07 bits per heavy atom. The first-order valence-corrected chi connectivity index (χ1v) is 4.65. The molecule has 0 aliphatic heterocycles. The molecule has 0 bridgehead atoms. The van der Waals surface area contributed by atoms with Crippen molar-refractivity contribution < 1.29 is 4.99 Å². The third-order valence-corrected chi connectivity index (χ3v) is 2.04. The van der Waals surface area contributed by atoms with Gasteiger partial charge in [-0.25, -0.2) is 4.99 Å². The first kappa shape index (κ1) is 10.6. The van der Waals surface area contributed by atoms with Gasteiger partial charge in [0.25, 0.3) is 0 Å². The summed E-state index contributed by atoms with van der Waals surface area (Å²) in [5, 5.41) is 0. The molecule has 3 nitrogen and oxygen atoms in total. The van der Waals surface area contributed by atoms with Gasteiger partial charge in [0, 0.05) is 0 Å². The number of guanidine groups is 1. The number of benzene rings is 1. The second-order valence-electron chi connectivity index (χ2n) is 4.41. The van der Waals surface area contributed by atoms with Crippen molar-refractivity contribution in [3.8, 4) is 0 Å². The highest BCUT2D eigenvalue weighted by atomic mass is 15.0. The molecule has 0 heterocycles. The van der Waals surface area contributed by atoms with Crippen LogP contribution in [-0.4, -0.2) is 5.96 Å². The van der Waals surface area contributed by atoms with Crippen molar-refractivity contribution >= 4 is 11.6 Å². The molecule has 0 saturated carbocycles. The Balaban J connectivity index is 2.95. The maximum Gasteiger partial charge on any atom is 0.343 e. The van der Waals surface area contributed by atoms with Gasteiger partial charge in [0.1, 0.15) is 0 Å². The summed E-state index contributed by atoms with van der Waals surface area (Å²) in [4.78, 5) is 2.86. The van der Waals surface area contributed by atoms with Crippen LogP contribution in [0.3, 0.4) is 0 Å². The third kappa shape index (κ3) is 2.76. The predicted molar refractivity (Wildman–Crippen MR) is 59.1 cm³/mol. The second kappa shape index (κ2) is 3.70. The summed E-state index contributed by atoms with van der Waals surface area (Å²) in [7, 11) is 0. The highest BCUT2D eigenvalue weighted by Crippen LogP contribution is 2.22. The Bertz CT molecular complexity index is 327. The molecule has 1 aromatic rings. The average molecular weight is 192 g/mol. The minimum absolute atomic E-state index is 0.177. The third-order valence-electron chi connectivity index (χ3n) is 2.04. The van der Waals surface area contributed by atoms with Gasteiger partial charge in [-0.15, -0.1) is 0 Å². The van der Waals surface area contributed by atoms with Gasteiger partial charge < -0.3 is 0 Å². The molecule has 0 saturated heterocycles. The minimum Gasteiger partial charge on any atom is -0.291 e. The molecular formula is C11H18N3+. The van der Waals surface area contributed by atoms with E-state index in [4.69, 9.17) is 11.5 Å². The van der Waals surface area contributed by atoms with E-state index in [-0.39, 0.29) is 11.4 Å². The van der Waals surface area contributed by atoms with E-state index >= 15 is 0 Å². The first-order chi connectivity index (χ1) is 6.39. The number of rotatable bonds is 1. The van der Waals surface area contributed by atoms with Gasteiger partial charge in [-0.1, -0.05) is 32.9 Å². The van der Waals surface area contributed by atoms with Gasteiger partial charge in [0.05, 0.1) is 5.69 Å². The molecule has 0 aliphatic rings. The van der Waals surface area contributed by atoms with Gasteiger partial charge in [-0.2, -0.15) is 0 Å².